The summed E-state index contributed by atoms with van der Waals surface area (Å²) in [7, 11) is 0. The molecule has 94 valence electrons. The molecular weight excluding hydrogens is 226 g/mol. The van der Waals surface area contributed by atoms with E-state index < -0.39 is 6.04 Å². The van der Waals surface area contributed by atoms with E-state index in [0.717, 1.165) is 24.0 Å². The Morgan fingerprint density at radius 2 is 2.06 bits per heavy atom. The van der Waals surface area contributed by atoms with Crippen LogP contribution in [0, 0.1) is 0 Å². The second-order valence-corrected chi connectivity index (χ2v) is 4.50. The van der Waals surface area contributed by atoms with Gasteiger partial charge in [0.1, 0.15) is 5.75 Å². The number of benzene rings is 1. The number of rotatable bonds is 4. The van der Waals surface area contributed by atoms with E-state index in [1.165, 1.54) is 0 Å². The van der Waals surface area contributed by atoms with Crippen molar-refractivity contribution in [2.45, 2.75) is 25.3 Å². The van der Waals surface area contributed by atoms with Crippen molar-refractivity contribution in [1.82, 2.24) is 0 Å². The molecule has 0 saturated carbocycles. The topological polar surface area (TPSA) is 63.3 Å². The Morgan fingerprint density at radius 3 is 2.67 bits per heavy atom. The lowest BCUT2D eigenvalue weighted by molar-refractivity contribution is -0.116. The monoisotopic (exact) mass is 243 g/mol. The summed E-state index contributed by atoms with van der Waals surface area (Å²) in [5.41, 5.74) is 7.71. The lowest BCUT2D eigenvalue weighted by atomic mass is 9.93. The van der Waals surface area contributed by atoms with Crippen molar-refractivity contribution in [2.75, 3.05) is 0 Å². The Hall–Kier alpha value is -1.87. The molecule has 1 atom stereocenters. The molecule has 0 amide bonds. The van der Waals surface area contributed by atoms with Gasteiger partial charge in [-0.15, -0.1) is 0 Å². The molecule has 3 heteroatoms. The highest BCUT2D eigenvalue weighted by atomic mass is 16.3. The van der Waals surface area contributed by atoms with E-state index in [9.17, 15) is 9.90 Å². The van der Waals surface area contributed by atoms with Crippen LogP contribution in [0.1, 0.15) is 18.4 Å². The fourth-order valence-corrected chi connectivity index (χ4v) is 2.02. The van der Waals surface area contributed by atoms with Crippen LogP contribution in [-0.4, -0.2) is 16.9 Å². The maximum Gasteiger partial charge on any atom is 0.175 e. The van der Waals surface area contributed by atoms with E-state index in [4.69, 9.17) is 5.73 Å². The minimum Gasteiger partial charge on any atom is -0.508 e. The van der Waals surface area contributed by atoms with E-state index in [1.54, 1.807) is 24.3 Å². The van der Waals surface area contributed by atoms with Crippen LogP contribution in [0.5, 0.6) is 5.75 Å². The van der Waals surface area contributed by atoms with Crippen LogP contribution in [0.2, 0.25) is 0 Å². The second kappa shape index (κ2) is 5.65. The Kier molecular flexibility index (Phi) is 3.95. The molecular formula is C15H17NO2. The van der Waals surface area contributed by atoms with Gasteiger partial charge in [0, 0.05) is 0 Å². The van der Waals surface area contributed by atoms with E-state index in [0.29, 0.717) is 6.42 Å². The van der Waals surface area contributed by atoms with Crippen LogP contribution in [0.15, 0.2) is 48.1 Å². The smallest absolute Gasteiger partial charge is 0.175 e. The van der Waals surface area contributed by atoms with Gasteiger partial charge in [-0.1, -0.05) is 30.4 Å². The van der Waals surface area contributed by atoms with Crippen molar-refractivity contribution < 1.29 is 9.90 Å². The summed E-state index contributed by atoms with van der Waals surface area (Å²) < 4.78 is 0. The lowest BCUT2D eigenvalue weighted by Gasteiger charge is -2.14. The van der Waals surface area contributed by atoms with Crippen LogP contribution in [0.3, 0.4) is 0 Å². The Bertz CT molecular complexity index is 486. The molecule has 0 unspecified atom stereocenters. The molecule has 0 bridgehead atoms. The van der Waals surface area contributed by atoms with Crippen LogP contribution in [0.4, 0.5) is 0 Å². The third-order valence-electron chi connectivity index (χ3n) is 3.06. The number of Topliss-reactive ketones (excluding diaryl/α,β-unsaturated/α-hetero) is 1. The van der Waals surface area contributed by atoms with Crippen LogP contribution in [-0.2, 0) is 11.2 Å². The van der Waals surface area contributed by atoms with Gasteiger partial charge in [0.15, 0.2) is 5.78 Å². The number of nitrogens with two attached hydrogens (primary N) is 1. The van der Waals surface area contributed by atoms with Gasteiger partial charge in [-0.25, -0.2) is 0 Å². The highest BCUT2D eigenvalue weighted by molar-refractivity contribution is 5.99. The molecule has 2 rings (SSSR count). The van der Waals surface area contributed by atoms with Crippen molar-refractivity contribution in [3.05, 3.63) is 53.6 Å². The predicted molar refractivity (Wildman–Crippen MR) is 71.3 cm³/mol. The average Bonchev–Trinajstić information content (AvgIpc) is 2.41. The fourth-order valence-electron chi connectivity index (χ4n) is 2.02. The van der Waals surface area contributed by atoms with Gasteiger partial charge in [0.2, 0.25) is 0 Å². The molecule has 1 aromatic rings. The number of carbonyl (C=O) groups excluding carboxylic acids is 1. The zero-order chi connectivity index (χ0) is 13.0. The van der Waals surface area contributed by atoms with Crippen molar-refractivity contribution in [3.63, 3.8) is 0 Å². The first-order valence-corrected chi connectivity index (χ1v) is 6.10. The molecule has 0 radical (unpaired) electrons. The molecule has 0 aliphatic heterocycles. The number of carbonyl (C=O) groups is 1. The van der Waals surface area contributed by atoms with Crippen molar-refractivity contribution in [2.24, 2.45) is 5.73 Å². The summed E-state index contributed by atoms with van der Waals surface area (Å²) in [4.78, 5) is 12.1. The van der Waals surface area contributed by atoms with Gasteiger partial charge < -0.3 is 10.8 Å². The molecule has 18 heavy (non-hydrogen) atoms. The third kappa shape index (κ3) is 3.08. The van der Waals surface area contributed by atoms with E-state index >= 15 is 0 Å². The minimum atomic E-state index is -0.507. The van der Waals surface area contributed by atoms with Gasteiger partial charge in [-0.05, 0) is 42.5 Å². The van der Waals surface area contributed by atoms with E-state index in [1.807, 2.05) is 18.2 Å². The van der Waals surface area contributed by atoms with Gasteiger partial charge in [0.05, 0.1) is 6.04 Å². The number of phenols is 1. The number of ketones is 1. The Balaban J connectivity index is 2.01. The first-order chi connectivity index (χ1) is 8.66. The lowest BCUT2D eigenvalue weighted by Crippen LogP contribution is -2.34. The van der Waals surface area contributed by atoms with Crippen LogP contribution in [0.25, 0.3) is 0 Å². The number of hydrogen-bond donors (Lipinski definition) is 2. The SMILES string of the molecule is N[C@@H](Cc1ccc(O)cc1)C(=O)C1=CC=CCC1. The molecule has 0 saturated heterocycles. The highest BCUT2D eigenvalue weighted by Gasteiger charge is 2.18. The van der Waals surface area contributed by atoms with E-state index in [2.05, 4.69) is 0 Å². The van der Waals surface area contributed by atoms with Gasteiger partial charge >= 0.3 is 0 Å². The summed E-state index contributed by atoms with van der Waals surface area (Å²) in [6.45, 7) is 0. The molecule has 0 heterocycles. The highest BCUT2D eigenvalue weighted by Crippen LogP contribution is 2.16. The molecule has 1 aliphatic rings. The van der Waals surface area contributed by atoms with Crippen LogP contribution >= 0.6 is 0 Å². The quantitative estimate of drug-likeness (QED) is 0.851. The standard InChI is InChI=1S/C15H17NO2/c16-14(10-11-6-8-13(17)9-7-11)15(18)12-4-2-1-3-5-12/h1-2,4,6-9,14,17H,3,5,10,16H2/t14-/m0/s1. The van der Waals surface area contributed by atoms with Gasteiger partial charge in [-0.2, -0.15) is 0 Å². The predicted octanol–water partition coefficient (Wildman–Crippen LogP) is 2.11. The first kappa shape index (κ1) is 12.6. The summed E-state index contributed by atoms with van der Waals surface area (Å²) in [6, 6.07) is 6.28. The first-order valence-electron chi connectivity index (χ1n) is 6.10. The molecule has 0 aromatic heterocycles. The van der Waals surface area contributed by atoms with Crippen molar-refractivity contribution >= 4 is 5.78 Å². The Morgan fingerprint density at radius 1 is 1.33 bits per heavy atom. The summed E-state index contributed by atoms with van der Waals surface area (Å²) in [6.07, 6.45) is 7.98. The average molecular weight is 243 g/mol. The number of phenolic OH excluding ortho intramolecular Hbond substituents is 1. The molecule has 0 fully saturated rings. The molecule has 1 aromatic carbocycles. The van der Waals surface area contributed by atoms with E-state index in [-0.39, 0.29) is 11.5 Å². The Labute approximate surface area is 107 Å². The summed E-state index contributed by atoms with van der Waals surface area (Å²) in [5, 5.41) is 9.19. The molecule has 1 aliphatic carbocycles. The second-order valence-electron chi connectivity index (χ2n) is 4.50. The molecule has 3 N–H and O–H groups in total. The van der Waals surface area contributed by atoms with Crippen molar-refractivity contribution in [3.8, 4) is 5.75 Å². The summed E-state index contributed by atoms with van der Waals surface area (Å²) in [5.74, 6) is 0.242. The van der Waals surface area contributed by atoms with Gasteiger partial charge in [-0.3, -0.25) is 4.79 Å². The minimum absolute atomic E-state index is 0.0208. The third-order valence-corrected chi connectivity index (χ3v) is 3.06. The number of aromatic hydroxyl groups is 1. The number of allylic oxidation sites excluding steroid dienone is 3. The maximum absolute atomic E-state index is 12.1. The molecule has 0 spiro atoms. The molecule has 3 nitrogen and oxygen atoms in total. The maximum atomic E-state index is 12.1. The fraction of sp³-hybridized carbons (Fsp3) is 0.267. The normalized spacial score (nSPS) is 16.2. The zero-order valence-corrected chi connectivity index (χ0v) is 10.2. The summed E-state index contributed by atoms with van der Waals surface area (Å²) >= 11 is 0. The largest absolute Gasteiger partial charge is 0.508 e. The van der Waals surface area contributed by atoms with Gasteiger partial charge in [0.25, 0.3) is 0 Å². The number of hydrogen-bond acceptors (Lipinski definition) is 3. The van der Waals surface area contributed by atoms with Crippen LogP contribution < -0.4 is 5.73 Å². The zero-order valence-electron chi connectivity index (χ0n) is 10.2. The van der Waals surface area contributed by atoms with Crippen molar-refractivity contribution in [1.29, 1.82) is 0 Å².